The number of azide groups is 1. The molecule has 1 saturated heterocycles. The zero-order valence-corrected chi connectivity index (χ0v) is 13.1. The summed E-state index contributed by atoms with van der Waals surface area (Å²) in [5.74, 6) is -0.342. The first-order valence-electron chi connectivity index (χ1n) is 7.32. The first-order valence-corrected chi connectivity index (χ1v) is 7.32. The van der Waals surface area contributed by atoms with E-state index in [1.165, 1.54) is 10.8 Å². The summed E-state index contributed by atoms with van der Waals surface area (Å²) in [5.41, 5.74) is 20.4. The number of hydrogen-bond acceptors (Lipinski definition) is 8. The van der Waals surface area contributed by atoms with E-state index >= 15 is 0 Å². The Kier molecular flexibility index (Phi) is 4.18. The van der Waals surface area contributed by atoms with E-state index in [0.29, 0.717) is 5.82 Å². The lowest BCUT2D eigenvalue weighted by molar-refractivity contribution is -0.0435. The fraction of sp³-hybridized carbons (Fsp3) is 0.462. The summed E-state index contributed by atoms with van der Waals surface area (Å²) in [6.07, 6.45) is -1.85. The van der Waals surface area contributed by atoms with Gasteiger partial charge in [-0.1, -0.05) is 5.11 Å². The van der Waals surface area contributed by atoms with Crippen LogP contribution in [0.15, 0.2) is 11.3 Å². The van der Waals surface area contributed by atoms with Crippen molar-refractivity contribution in [1.82, 2.24) is 14.5 Å². The molecule has 0 unspecified atom stereocenters. The summed E-state index contributed by atoms with van der Waals surface area (Å²) in [6.45, 7) is 1.13. The maximum atomic E-state index is 11.8. The lowest BCUT2D eigenvalue weighted by Crippen LogP contribution is -2.31. The Balaban J connectivity index is 2.24. The molecule has 0 aliphatic carbocycles. The van der Waals surface area contributed by atoms with Crippen LogP contribution in [0.5, 0.6) is 0 Å². The van der Waals surface area contributed by atoms with Gasteiger partial charge >= 0.3 is 0 Å². The Labute approximate surface area is 140 Å². The van der Waals surface area contributed by atoms with E-state index in [9.17, 15) is 15.0 Å². The minimum Gasteiger partial charge on any atom is -0.394 e. The van der Waals surface area contributed by atoms with Gasteiger partial charge in [0.25, 0.3) is 5.91 Å². The predicted octanol–water partition coefficient (Wildman–Crippen LogP) is -0.650. The van der Waals surface area contributed by atoms with Gasteiger partial charge in [-0.05, 0) is 12.5 Å². The molecule has 12 heteroatoms. The molecule has 4 atom stereocenters. The molecular formula is C13H16N8O4. The van der Waals surface area contributed by atoms with Crippen LogP contribution in [-0.4, -0.2) is 55.5 Å². The third-order valence-electron chi connectivity index (χ3n) is 4.05. The Morgan fingerprint density at radius 2 is 2.28 bits per heavy atom. The van der Waals surface area contributed by atoms with Crippen molar-refractivity contribution in [3.05, 3.63) is 28.0 Å². The van der Waals surface area contributed by atoms with Gasteiger partial charge < -0.3 is 31.0 Å². The molecule has 0 aromatic carbocycles. The Morgan fingerprint density at radius 1 is 1.56 bits per heavy atom. The van der Waals surface area contributed by atoms with Crippen LogP contribution in [0.4, 0.5) is 5.82 Å². The second-order valence-corrected chi connectivity index (χ2v) is 5.60. The van der Waals surface area contributed by atoms with Gasteiger partial charge in [0.15, 0.2) is 0 Å². The fourth-order valence-corrected chi connectivity index (χ4v) is 2.96. The highest BCUT2D eigenvalue weighted by molar-refractivity contribution is 6.08. The molecule has 1 aliphatic heterocycles. The largest absolute Gasteiger partial charge is 0.394 e. The molecule has 12 nitrogen and oxygen atoms in total. The molecule has 0 spiro atoms. The minimum absolute atomic E-state index is 0.0626. The Bertz CT molecular complexity index is 890. The van der Waals surface area contributed by atoms with Gasteiger partial charge in [-0.2, -0.15) is 0 Å². The zero-order valence-electron chi connectivity index (χ0n) is 13.1. The van der Waals surface area contributed by atoms with Crippen molar-refractivity contribution in [3.63, 3.8) is 0 Å². The van der Waals surface area contributed by atoms with Crippen LogP contribution < -0.4 is 11.5 Å². The van der Waals surface area contributed by atoms with E-state index < -0.39 is 37.0 Å². The van der Waals surface area contributed by atoms with Crippen LogP contribution in [0.3, 0.4) is 0 Å². The van der Waals surface area contributed by atoms with Crippen molar-refractivity contribution in [2.75, 3.05) is 12.3 Å². The monoisotopic (exact) mass is 348 g/mol. The summed E-state index contributed by atoms with van der Waals surface area (Å²) in [4.78, 5) is 22.7. The Hall–Kier alpha value is -2.92. The smallest absolute Gasteiger partial charge is 0.251 e. The molecule has 0 bridgehead atoms. The first kappa shape index (κ1) is 16.9. The van der Waals surface area contributed by atoms with E-state index in [-0.39, 0.29) is 22.4 Å². The highest BCUT2D eigenvalue weighted by Gasteiger charge is 2.44. The number of carbonyl (C=O) groups excluding carboxylic acids is 1. The van der Waals surface area contributed by atoms with Crippen LogP contribution in [-0.2, 0) is 4.74 Å². The third-order valence-corrected chi connectivity index (χ3v) is 4.05. The number of nitrogens with zero attached hydrogens (tertiary/aromatic N) is 6. The average Bonchev–Trinajstić information content (AvgIpc) is 3.07. The predicted molar refractivity (Wildman–Crippen MR) is 85.1 cm³/mol. The number of fused-ring (bicyclic) bond motifs is 1. The highest BCUT2D eigenvalue weighted by atomic mass is 16.5. The summed E-state index contributed by atoms with van der Waals surface area (Å²) in [6, 6.07) is -1.05. The maximum Gasteiger partial charge on any atom is 0.251 e. The molecule has 0 radical (unpaired) electrons. The average molecular weight is 348 g/mol. The molecule has 3 rings (SSSR count). The standard InChI is InChI=1S/C13H16N8O4/c1-4-17-10(14)7-5(11(15)24)2-21(12(7)18-4)13-8(19-20-16)9(23)6(3-22)25-13/h2,6,8-9,13,22-23H,3H2,1H3,(H2,15,24)(H2,14,17,18)/t6-,8-,9-,13-/m1/s1. The number of aryl methyl sites for hydroxylation is 1. The zero-order chi connectivity index (χ0) is 18.3. The van der Waals surface area contributed by atoms with E-state index in [4.69, 9.17) is 21.7 Å². The van der Waals surface area contributed by atoms with Gasteiger partial charge in [0.1, 0.15) is 35.7 Å². The van der Waals surface area contributed by atoms with Gasteiger partial charge in [-0.25, -0.2) is 9.97 Å². The summed E-state index contributed by atoms with van der Waals surface area (Å²) < 4.78 is 7.00. The molecule has 2 aromatic heterocycles. The number of nitrogens with two attached hydrogens (primary N) is 2. The van der Waals surface area contributed by atoms with Crippen LogP contribution in [0.2, 0.25) is 0 Å². The van der Waals surface area contributed by atoms with E-state index in [0.717, 1.165) is 0 Å². The second kappa shape index (κ2) is 6.18. The van der Waals surface area contributed by atoms with Crippen molar-refractivity contribution < 1.29 is 19.7 Å². The third kappa shape index (κ3) is 2.62. The molecule has 25 heavy (non-hydrogen) atoms. The molecule has 2 aromatic rings. The number of nitrogen functional groups attached to an aromatic ring is 1. The Morgan fingerprint density at radius 3 is 2.88 bits per heavy atom. The summed E-state index contributed by atoms with van der Waals surface area (Å²) >= 11 is 0. The van der Waals surface area contributed by atoms with Crippen molar-refractivity contribution >= 4 is 22.8 Å². The highest BCUT2D eigenvalue weighted by Crippen LogP contribution is 2.36. The number of primary amides is 1. The van der Waals surface area contributed by atoms with Crippen molar-refractivity contribution in [3.8, 4) is 0 Å². The quantitative estimate of drug-likeness (QED) is 0.319. The summed E-state index contributed by atoms with van der Waals surface area (Å²) in [7, 11) is 0. The fourth-order valence-electron chi connectivity index (χ4n) is 2.96. The van der Waals surface area contributed by atoms with Crippen molar-refractivity contribution in [1.29, 1.82) is 0 Å². The van der Waals surface area contributed by atoms with Crippen molar-refractivity contribution in [2.24, 2.45) is 10.8 Å². The van der Waals surface area contributed by atoms with E-state index in [1.807, 2.05) is 0 Å². The number of amides is 1. The number of aromatic nitrogens is 3. The van der Waals surface area contributed by atoms with Crippen LogP contribution in [0, 0.1) is 6.92 Å². The van der Waals surface area contributed by atoms with Gasteiger partial charge in [-0.15, -0.1) is 0 Å². The normalized spacial score (nSPS) is 25.9. The van der Waals surface area contributed by atoms with Crippen LogP contribution in [0.25, 0.3) is 21.5 Å². The van der Waals surface area contributed by atoms with Gasteiger partial charge in [0, 0.05) is 11.1 Å². The molecule has 3 heterocycles. The minimum atomic E-state index is -1.24. The number of hydrogen-bond donors (Lipinski definition) is 4. The molecule has 0 saturated carbocycles. The number of rotatable bonds is 4. The molecule has 1 fully saturated rings. The number of ether oxygens (including phenoxy) is 1. The van der Waals surface area contributed by atoms with E-state index in [2.05, 4.69) is 20.0 Å². The van der Waals surface area contributed by atoms with Crippen LogP contribution >= 0.6 is 0 Å². The SMILES string of the molecule is Cc1nc(N)c2c(C(N)=O)cn([C@@H]3O[C@H](CO)[C@@H](O)[C@H]3N=[N+]=[N-])c2n1. The number of anilines is 1. The second-order valence-electron chi connectivity index (χ2n) is 5.60. The maximum absolute atomic E-state index is 11.8. The molecule has 6 N–H and O–H groups in total. The molecule has 1 aliphatic rings. The van der Waals surface area contributed by atoms with Crippen LogP contribution in [0.1, 0.15) is 22.4 Å². The number of aliphatic hydroxyl groups is 2. The van der Waals surface area contributed by atoms with Gasteiger partial charge in [0.05, 0.1) is 23.7 Å². The van der Waals surface area contributed by atoms with E-state index in [1.54, 1.807) is 6.92 Å². The van der Waals surface area contributed by atoms with Gasteiger partial charge in [0.2, 0.25) is 0 Å². The molecule has 1 amide bonds. The number of aliphatic hydroxyl groups excluding tert-OH is 2. The summed E-state index contributed by atoms with van der Waals surface area (Å²) in [5, 5.41) is 23.3. The van der Waals surface area contributed by atoms with Crippen molar-refractivity contribution in [2.45, 2.75) is 31.4 Å². The lowest BCUT2D eigenvalue weighted by Gasteiger charge is -2.18. The van der Waals surface area contributed by atoms with Gasteiger partial charge in [-0.3, -0.25) is 4.79 Å². The molecule has 132 valence electrons. The number of carbonyl (C=O) groups is 1. The lowest BCUT2D eigenvalue weighted by atomic mass is 10.1. The molecular weight excluding hydrogens is 332 g/mol. The first-order chi connectivity index (χ1) is 11.9. The topological polar surface area (TPSA) is 198 Å².